The van der Waals surface area contributed by atoms with Crippen molar-refractivity contribution in [3.05, 3.63) is 132 Å². The van der Waals surface area contributed by atoms with Crippen molar-refractivity contribution in [2.45, 2.75) is 31.7 Å². The van der Waals surface area contributed by atoms with Gasteiger partial charge in [-0.2, -0.15) is 0 Å². The number of hydrogen-bond acceptors (Lipinski definition) is 2. The van der Waals surface area contributed by atoms with Crippen LogP contribution in [0.1, 0.15) is 37.0 Å². The lowest BCUT2D eigenvalue weighted by molar-refractivity contribution is 0.593. The first-order valence-corrected chi connectivity index (χ1v) is 13.8. The van der Waals surface area contributed by atoms with Gasteiger partial charge in [-0.3, -0.25) is 0 Å². The van der Waals surface area contributed by atoms with Gasteiger partial charge in [0.25, 0.3) is 6.71 Å². The van der Waals surface area contributed by atoms with E-state index in [9.17, 15) is 0 Å². The van der Waals surface area contributed by atoms with Crippen molar-refractivity contribution in [3.8, 4) is 0 Å². The molecule has 0 aromatic heterocycles. The Kier molecular flexibility index (Phi) is 3.82. The molecule has 0 saturated carbocycles. The maximum Gasteiger partial charge on any atom is 0.252 e. The Labute approximate surface area is 224 Å². The van der Waals surface area contributed by atoms with E-state index in [1.807, 2.05) is 0 Å². The van der Waals surface area contributed by atoms with Gasteiger partial charge in [-0.05, 0) is 63.8 Å². The van der Waals surface area contributed by atoms with Gasteiger partial charge in [0.1, 0.15) is 0 Å². The molecule has 1 unspecified atom stereocenters. The number of para-hydroxylation sites is 2. The molecule has 0 spiro atoms. The summed E-state index contributed by atoms with van der Waals surface area (Å²) >= 11 is 0. The summed E-state index contributed by atoms with van der Waals surface area (Å²) in [5, 5.41) is 0. The van der Waals surface area contributed by atoms with Crippen molar-refractivity contribution in [1.29, 1.82) is 0 Å². The van der Waals surface area contributed by atoms with Crippen LogP contribution in [0.3, 0.4) is 0 Å². The minimum Gasteiger partial charge on any atom is -0.337 e. The van der Waals surface area contributed by atoms with Gasteiger partial charge in [0.05, 0.1) is 6.04 Å². The number of hydrogen-bond donors (Lipinski definition) is 0. The molecule has 38 heavy (non-hydrogen) atoms. The van der Waals surface area contributed by atoms with E-state index in [-0.39, 0.29) is 12.1 Å². The molecule has 3 heteroatoms. The van der Waals surface area contributed by atoms with E-state index < -0.39 is 0 Å². The zero-order valence-electron chi connectivity index (χ0n) is 21.6. The van der Waals surface area contributed by atoms with Crippen LogP contribution >= 0.6 is 0 Å². The van der Waals surface area contributed by atoms with Gasteiger partial charge in [0.2, 0.25) is 0 Å². The average molecular weight is 486 g/mol. The molecule has 1 atom stereocenters. The molecule has 0 bridgehead atoms. The van der Waals surface area contributed by atoms with Crippen LogP contribution in [0.2, 0.25) is 0 Å². The highest BCUT2D eigenvalue weighted by Gasteiger charge is 2.55. The van der Waals surface area contributed by atoms with E-state index in [0.717, 1.165) is 6.42 Å². The van der Waals surface area contributed by atoms with E-state index in [1.54, 1.807) is 0 Å². The number of nitrogens with zero attached hydrogens (tertiary/aromatic N) is 2. The standard InChI is InChI=1S/C35H27BN2/c1-35(2)26-16-8-6-15-25(26)31-34(35)38-28-18-10-7-14-23(28)24-20-21-30-32(33(24)38)36(31)27-17-9-11-19-29(27)37(30)22-12-4-3-5-13-22/h3-17,19-21,28H,18H2,1-2H3. The predicted molar refractivity (Wildman–Crippen MR) is 161 cm³/mol. The Balaban J connectivity index is 1.44. The fourth-order valence-corrected chi connectivity index (χ4v) is 8.08. The highest BCUT2D eigenvalue weighted by molar-refractivity contribution is 7.03. The maximum atomic E-state index is 2.76. The van der Waals surface area contributed by atoms with Crippen LogP contribution in [0, 0.1) is 0 Å². The van der Waals surface area contributed by atoms with Crippen LogP contribution in [0.5, 0.6) is 0 Å². The number of allylic oxidation sites excluding steroid dienone is 3. The summed E-state index contributed by atoms with van der Waals surface area (Å²) in [7, 11) is 0. The van der Waals surface area contributed by atoms with Crippen LogP contribution < -0.4 is 20.7 Å². The van der Waals surface area contributed by atoms with Gasteiger partial charge in [-0.15, -0.1) is 0 Å². The van der Waals surface area contributed by atoms with Crippen LogP contribution in [-0.2, 0) is 5.41 Å². The molecule has 3 heterocycles. The van der Waals surface area contributed by atoms with Crippen molar-refractivity contribution in [3.63, 3.8) is 0 Å². The van der Waals surface area contributed by atoms with E-state index in [1.165, 1.54) is 67.1 Å². The smallest absolute Gasteiger partial charge is 0.252 e. The molecule has 4 aromatic carbocycles. The second kappa shape index (κ2) is 6.99. The predicted octanol–water partition coefficient (Wildman–Crippen LogP) is 6.87. The first-order chi connectivity index (χ1) is 18.7. The number of anilines is 4. The molecule has 0 amide bonds. The fourth-order valence-electron chi connectivity index (χ4n) is 8.08. The summed E-state index contributed by atoms with van der Waals surface area (Å²) in [5.74, 6) is 0. The van der Waals surface area contributed by atoms with E-state index in [4.69, 9.17) is 0 Å². The van der Waals surface area contributed by atoms with Crippen LogP contribution in [-0.4, -0.2) is 12.8 Å². The summed E-state index contributed by atoms with van der Waals surface area (Å²) in [4.78, 5) is 5.25. The van der Waals surface area contributed by atoms with Crippen LogP contribution in [0.4, 0.5) is 22.7 Å². The molecular weight excluding hydrogens is 459 g/mol. The number of fused-ring (bicyclic) bond motifs is 9. The Bertz CT molecular complexity index is 1790. The van der Waals surface area contributed by atoms with Crippen molar-refractivity contribution >= 4 is 51.4 Å². The molecule has 2 aliphatic carbocycles. The zero-order chi connectivity index (χ0) is 25.2. The van der Waals surface area contributed by atoms with Crippen molar-refractivity contribution in [2.24, 2.45) is 0 Å². The van der Waals surface area contributed by atoms with E-state index in [2.05, 4.69) is 133 Å². The minimum atomic E-state index is -0.0704. The molecule has 0 N–H and O–H groups in total. The van der Waals surface area contributed by atoms with Crippen LogP contribution in [0.15, 0.2) is 115 Å². The molecule has 0 saturated heterocycles. The summed E-state index contributed by atoms with van der Waals surface area (Å²) in [6.07, 6.45) is 8.01. The molecule has 2 nitrogen and oxygen atoms in total. The molecule has 3 aliphatic heterocycles. The monoisotopic (exact) mass is 486 g/mol. The topological polar surface area (TPSA) is 6.48 Å². The Morgan fingerprint density at radius 2 is 1.58 bits per heavy atom. The van der Waals surface area contributed by atoms with Gasteiger partial charge in [-0.25, -0.2) is 0 Å². The Hall–Kier alpha value is -4.24. The molecule has 5 aliphatic rings. The summed E-state index contributed by atoms with van der Waals surface area (Å²) in [5.41, 5.74) is 16.8. The average Bonchev–Trinajstić information content (AvgIpc) is 3.42. The van der Waals surface area contributed by atoms with Gasteiger partial charge in [-0.1, -0.05) is 98.8 Å². The lowest BCUT2D eigenvalue weighted by atomic mass is 9.32. The number of rotatable bonds is 1. The molecule has 0 fully saturated rings. The molecule has 180 valence electrons. The second-order valence-electron chi connectivity index (χ2n) is 11.7. The quantitative estimate of drug-likeness (QED) is 0.271. The molecule has 9 rings (SSSR count). The first-order valence-electron chi connectivity index (χ1n) is 13.8. The van der Waals surface area contributed by atoms with Crippen molar-refractivity contribution in [1.82, 2.24) is 0 Å². The van der Waals surface area contributed by atoms with Crippen molar-refractivity contribution < 1.29 is 0 Å². The van der Waals surface area contributed by atoms with E-state index >= 15 is 0 Å². The zero-order valence-corrected chi connectivity index (χ0v) is 21.6. The molecule has 4 aromatic rings. The normalized spacial score (nSPS) is 20.5. The summed E-state index contributed by atoms with van der Waals surface area (Å²) in [6, 6.07) is 34.3. The van der Waals surface area contributed by atoms with Gasteiger partial charge in [0, 0.05) is 39.4 Å². The summed E-state index contributed by atoms with van der Waals surface area (Å²) < 4.78 is 0. The lowest BCUT2D eigenvalue weighted by Gasteiger charge is -2.46. The van der Waals surface area contributed by atoms with Crippen LogP contribution in [0.25, 0.3) is 11.0 Å². The second-order valence-corrected chi connectivity index (χ2v) is 11.7. The third kappa shape index (κ3) is 2.32. The van der Waals surface area contributed by atoms with Crippen molar-refractivity contribution in [2.75, 3.05) is 9.80 Å². The minimum absolute atomic E-state index is 0.0704. The van der Waals surface area contributed by atoms with Gasteiger partial charge in [0.15, 0.2) is 0 Å². The summed E-state index contributed by atoms with van der Waals surface area (Å²) in [6.45, 7) is 5.08. The third-order valence-electron chi connectivity index (χ3n) is 9.49. The molecular formula is C35H27BN2. The highest BCUT2D eigenvalue weighted by Crippen LogP contribution is 2.59. The molecule has 0 radical (unpaired) electrons. The maximum absolute atomic E-state index is 2.76. The lowest BCUT2D eigenvalue weighted by Crippen LogP contribution is -2.56. The van der Waals surface area contributed by atoms with Gasteiger partial charge < -0.3 is 9.80 Å². The SMILES string of the molecule is CC1(C)C2=C(B3c4ccccc4N(c4ccccc4)c4ccc5c(c43)N2C2CC=CC=C52)c2ccccc21. The van der Waals surface area contributed by atoms with Gasteiger partial charge >= 0.3 is 0 Å². The Morgan fingerprint density at radius 1 is 0.789 bits per heavy atom. The highest BCUT2D eigenvalue weighted by atomic mass is 15.2. The first kappa shape index (κ1) is 20.8. The number of benzene rings is 4. The largest absolute Gasteiger partial charge is 0.337 e. The van der Waals surface area contributed by atoms with E-state index in [0.29, 0.717) is 6.04 Å². The fraction of sp³-hybridized carbons (Fsp3) is 0.143. The Morgan fingerprint density at radius 3 is 2.47 bits per heavy atom. The third-order valence-corrected chi connectivity index (χ3v) is 9.49.